The summed E-state index contributed by atoms with van der Waals surface area (Å²) in [5, 5.41) is 0. The first-order chi connectivity index (χ1) is 12.5. The van der Waals surface area contributed by atoms with Crippen LogP contribution in [0.3, 0.4) is 0 Å². The number of nitrogen functional groups attached to an aromatic ring is 9. The lowest BCUT2D eigenvalue weighted by molar-refractivity contribution is 1.09. The maximum Gasteiger partial charge on any atom is 0.226 e. The van der Waals surface area contributed by atoms with Crippen LogP contribution in [0.5, 0.6) is 0 Å². The first-order valence-electron chi connectivity index (χ1n) is 6.62. The van der Waals surface area contributed by atoms with Crippen LogP contribution >= 0.6 is 0 Å². The van der Waals surface area contributed by atoms with Gasteiger partial charge in [-0.05, 0) is 0 Å². The topological polar surface area (TPSA) is 350 Å². The zero-order valence-electron chi connectivity index (χ0n) is 13.7. The summed E-state index contributed by atoms with van der Waals surface area (Å²) in [6.45, 7) is 0. The van der Waals surface area contributed by atoms with E-state index in [2.05, 4.69) is 44.9 Å². The van der Waals surface area contributed by atoms with Gasteiger partial charge in [0.1, 0.15) is 0 Å². The second-order valence-corrected chi connectivity index (χ2v) is 4.23. The van der Waals surface area contributed by atoms with Gasteiger partial charge in [0.25, 0.3) is 0 Å². The van der Waals surface area contributed by atoms with E-state index in [1.165, 1.54) is 0 Å². The molecular formula is C9H18N18. The predicted octanol–water partition coefficient (Wildman–Crippen LogP) is -4.15. The quantitative estimate of drug-likeness (QED) is 0.179. The summed E-state index contributed by atoms with van der Waals surface area (Å²) in [5.41, 5.74) is 46.2. The third kappa shape index (κ3) is 8.05. The van der Waals surface area contributed by atoms with Crippen molar-refractivity contribution in [1.82, 2.24) is 44.9 Å². The van der Waals surface area contributed by atoms with Crippen LogP contribution in [0.2, 0.25) is 0 Å². The van der Waals surface area contributed by atoms with Crippen LogP contribution in [0.1, 0.15) is 0 Å². The molecule has 0 aromatic carbocycles. The standard InChI is InChI=1S/3C3H6N6/c3*4-1-7-2(5)9-3(6)8-1/h3*(H6,4,5,6,7,8,9). The van der Waals surface area contributed by atoms with E-state index in [1.807, 2.05) is 0 Å². The first-order valence-corrected chi connectivity index (χ1v) is 6.62. The number of hydrogen-bond donors (Lipinski definition) is 9. The van der Waals surface area contributed by atoms with Crippen LogP contribution in [-0.4, -0.2) is 44.9 Å². The molecule has 3 aromatic rings. The summed E-state index contributed by atoms with van der Waals surface area (Å²) in [7, 11) is 0. The summed E-state index contributed by atoms with van der Waals surface area (Å²) in [5.74, 6) is 0.375. The largest absolute Gasteiger partial charge is 0.368 e. The number of anilines is 9. The van der Waals surface area contributed by atoms with Crippen molar-refractivity contribution in [3.8, 4) is 0 Å². The van der Waals surface area contributed by atoms with Crippen LogP contribution in [0, 0.1) is 0 Å². The smallest absolute Gasteiger partial charge is 0.226 e. The predicted molar refractivity (Wildman–Crippen MR) is 99.2 cm³/mol. The highest BCUT2D eigenvalue weighted by Crippen LogP contribution is 1.98. The van der Waals surface area contributed by atoms with Crippen LogP contribution in [-0.2, 0) is 0 Å². The molecule has 0 atom stereocenters. The van der Waals surface area contributed by atoms with Gasteiger partial charge < -0.3 is 51.6 Å². The zero-order valence-corrected chi connectivity index (χ0v) is 13.7. The minimum atomic E-state index is 0.0417. The second-order valence-electron chi connectivity index (χ2n) is 4.23. The molecule has 0 radical (unpaired) electrons. The molecule has 0 fully saturated rings. The van der Waals surface area contributed by atoms with Gasteiger partial charge in [0, 0.05) is 0 Å². The van der Waals surface area contributed by atoms with E-state index in [0.717, 1.165) is 0 Å². The molecule has 3 heterocycles. The van der Waals surface area contributed by atoms with Crippen molar-refractivity contribution in [1.29, 1.82) is 0 Å². The summed E-state index contributed by atoms with van der Waals surface area (Å²) in [6, 6.07) is 0. The van der Waals surface area contributed by atoms with Gasteiger partial charge in [-0.2, -0.15) is 44.9 Å². The van der Waals surface area contributed by atoms with Crippen molar-refractivity contribution >= 4 is 53.5 Å². The molecule has 0 saturated heterocycles. The normalized spacial score (nSPS) is 9.33. The van der Waals surface area contributed by atoms with E-state index in [1.54, 1.807) is 0 Å². The molecule has 18 N–H and O–H groups in total. The molecule has 0 spiro atoms. The minimum absolute atomic E-state index is 0.0417. The fourth-order valence-corrected chi connectivity index (χ4v) is 1.28. The van der Waals surface area contributed by atoms with E-state index >= 15 is 0 Å². The molecule has 0 bridgehead atoms. The van der Waals surface area contributed by atoms with Gasteiger partial charge in [0.15, 0.2) is 0 Å². The second kappa shape index (κ2) is 8.91. The molecule has 0 saturated carbocycles. The van der Waals surface area contributed by atoms with Gasteiger partial charge in [-0.15, -0.1) is 0 Å². The maximum atomic E-state index is 5.14. The number of hydrogen-bond acceptors (Lipinski definition) is 18. The number of rotatable bonds is 0. The van der Waals surface area contributed by atoms with Gasteiger partial charge in [-0.1, -0.05) is 0 Å². The van der Waals surface area contributed by atoms with Crippen LogP contribution in [0.4, 0.5) is 53.5 Å². The Balaban J connectivity index is 0.000000202. The Hall–Kier alpha value is -4.77. The Morgan fingerprint density at radius 2 is 0.296 bits per heavy atom. The SMILES string of the molecule is Nc1nc(N)nc(N)n1.Nc1nc(N)nc(N)n1.Nc1nc(N)nc(N)n1. The average Bonchev–Trinajstić information content (AvgIpc) is 2.43. The number of nitrogens with zero attached hydrogens (tertiary/aromatic N) is 9. The van der Waals surface area contributed by atoms with Gasteiger partial charge in [-0.3, -0.25) is 0 Å². The third-order valence-corrected chi connectivity index (χ3v) is 2.06. The van der Waals surface area contributed by atoms with Crippen molar-refractivity contribution in [2.24, 2.45) is 0 Å². The highest BCUT2D eigenvalue weighted by atomic mass is 15.2. The van der Waals surface area contributed by atoms with Gasteiger partial charge in [0.05, 0.1) is 0 Å². The fraction of sp³-hybridized carbons (Fsp3) is 0. The molecule has 18 heteroatoms. The highest BCUT2D eigenvalue weighted by molar-refractivity contribution is 5.34. The molecular weight excluding hydrogens is 360 g/mol. The third-order valence-electron chi connectivity index (χ3n) is 2.06. The zero-order chi connectivity index (χ0) is 20.6. The van der Waals surface area contributed by atoms with Gasteiger partial charge >= 0.3 is 0 Å². The van der Waals surface area contributed by atoms with E-state index in [4.69, 9.17) is 51.6 Å². The lowest BCUT2D eigenvalue weighted by atomic mass is 10.9. The molecule has 0 aliphatic rings. The Kier molecular flexibility index (Phi) is 6.69. The number of aromatic nitrogens is 9. The summed E-state index contributed by atoms with van der Waals surface area (Å²) in [4.78, 5) is 31.4. The Morgan fingerprint density at radius 3 is 0.370 bits per heavy atom. The van der Waals surface area contributed by atoms with E-state index in [0.29, 0.717) is 0 Å². The Labute approximate surface area is 151 Å². The first kappa shape index (κ1) is 20.3. The monoisotopic (exact) mass is 378 g/mol. The molecule has 3 aromatic heterocycles. The van der Waals surface area contributed by atoms with Crippen molar-refractivity contribution in [2.75, 3.05) is 51.6 Å². The molecule has 0 aliphatic heterocycles. The molecule has 0 amide bonds. The maximum absolute atomic E-state index is 5.14. The molecule has 18 nitrogen and oxygen atoms in total. The highest BCUT2D eigenvalue weighted by Gasteiger charge is 1.95. The Morgan fingerprint density at radius 1 is 0.222 bits per heavy atom. The van der Waals surface area contributed by atoms with Crippen LogP contribution in [0.15, 0.2) is 0 Å². The summed E-state index contributed by atoms with van der Waals surface area (Å²) < 4.78 is 0. The molecule has 27 heavy (non-hydrogen) atoms. The van der Waals surface area contributed by atoms with Crippen molar-refractivity contribution in [3.05, 3.63) is 0 Å². The lowest BCUT2D eigenvalue weighted by Crippen LogP contribution is -2.05. The molecule has 144 valence electrons. The summed E-state index contributed by atoms with van der Waals surface area (Å²) >= 11 is 0. The minimum Gasteiger partial charge on any atom is -0.368 e. The van der Waals surface area contributed by atoms with E-state index in [9.17, 15) is 0 Å². The molecule has 0 unspecified atom stereocenters. The van der Waals surface area contributed by atoms with Crippen molar-refractivity contribution < 1.29 is 0 Å². The fourth-order valence-electron chi connectivity index (χ4n) is 1.28. The average molecular weight is 378 g/mol. The van der Waals surface area contributed by atoms with Crippen LogP contribution < -0.4 is 51.6 Å². The van der Waals surface area contributed by atoms with Crippen molar-refractivity contribution in [3.63, 3.8) is 0 Å². The Bertz CT molecular complexity index is 625. The molecule has 0 aliphatic carbocycles. The number of nitrogens with two attached hydrogens (primary N) is 9. The lowest BCUT2D eigenvalue weighted by Gasteiger charge is -1.93. The summed E-state index contributed by atoms with van der Waals surface area (Å²) in [6.07, 6.45) is 0. The van der Waals surface area contributed by atoms with Crippen LogP contribution in [0.25, 0.3) is 0 Å². The molecule has 3 rings (SSSR count). The van der Waals surface area contributed by atoms with Gasteiger partial charge in [0.2, 0.25) is 53.5 Å². The van der Waals surface area contributed by atoms with E-state index < -0.39 is 0 Å². The van der Waals surface area contributed by atoms with Crippen molar-refractivity contribution in [2.45, 2.75) is 0 Å². The van der Waals surface area contributed by atoms with Gasteiger partial charge in [-0.25, -0.2) is 0 Å². The van der Waals surface area contributed by atoms with E-state index in [-0.39, 0.29) is 53.5 Å².